The van der Waals surface area contributed by atoms with E-state index in [1.54, 1.807) is 50.2 Å². The first-order chi connectivity index (χ1) is 33.0. The van der Waals surface area contributed by atoms with Crippen LogP contribution in [0, 0.1) is 0 Å². The lowest BCUT2D eigenvalue weighted by molar-refractivity contribution is -0.141. The fourth-order valence-corrected chi connectivity index (χ4v) is 13.4. The van der Waals surface area contributed by atoms with Gasteiger partial charge in [0.1, 0.15) is 34.5 Å². The summed E-state index contributed by atoms with van der Waals surface area (Å²) in [6, 6.07) is 45.0. The normalized spacial score (nSPS) is 11.7. The van der Waals surface area contributed by atoms with Crippen LogP contribution in [0.4, 0.5) is 5.69 Å². The maximum atomic E-state index is 13.2. The van der Waals surface area contributed by atoms with Gasteiger partial charge in [0.2, 0.25) is 11.8 Å². The fourth-order valence-electron chi connectivity index (χ4n) is 8.73. The number of amides is 3. The monoisotopic (exact) mass is 992 g/mol. The molecule has 0 radical (unpaired) electrons. The molecule has 3 amide bonds. The zero-order valence-electron chi connectivity index (χ0n) is 40.4. The number of hydrogen-bond donors (Lipinski definition) is 2. The van der Waals surface area contributed by atoms with E-state index in [-0.39, 0.29) is 42.3 Å². The molecular weight excluding hydrogens is 927 g/mol. The number of fused-ring (bicyclic) bond motifs is 1. The SMILES string of the molecule is CCN(CC(=O)NCCN(C)C)C(=O)[C@@H](C)Oc1ccc2c(-c3ccc(NC(=O)CCCCCCCCCCC[P+](c4ccccc4)(c4ccccc4)c4ccccc4)cc3Cl)cc(=O)oc2c1.[Cl-]. The Balaban J connectivity index is 0.00000888. The molecule has 1 aromatic heterocycles. The lowest BCUT2D eigenvalue weighted by Gasteiger charge is -2.27. The maximum Gasteiger partial charge on any atom is 0.336 e. The van der Waals surface area contributed by atoms with Crippen molar-refractivity contribution in [2.75, 3.05) is 51.8 Å². The summed E-state index contributed by atoms with van der Waals surface area (Å²) in [4.78, 5) is 54.8. The second-order valence-electron chi connectivity index (χ2n) is 17.6. The molecule has 13 heteroatoms. The van der Waals surface area contributed by atoms with E-state index in [4.69, 9.17) is 20.8 Å². The Bertz CT molecular complexity index is 2520. The van der Waals surface area contributed by atoms with Gasteiger partial charge in [0.25, 0.3) is 5.91 Å². The molecule has 0 aliphatic heterocycles. The van der Waals surface area contributed by atoms with Crippen molar-refractivity contribution in [1.82, 2.24) is 15.1 Å². The van der Waals surface area contributed by atoms with Crippen molar-refractivity contribution in [2.24, 2.45) is 0 Å². The van der Waals surface area contributed by atoms with Gasteiger partial charge in [0, 0.05) is 60.4 Å². The number of rotatable bonds is 26. The first-order valence-electron chi connectivity index (χ1n) is 24.1. The first kappa shape index (κ1) is 54.4. The van der Waals surface area contributed by atoms with Gasteiger partial charge in [-0.1, -0.05) is 111 Å². The van der Waals surface area contributed by atoms with Crippen LogP contribution in [0.2, 0.25) is 5.02 Å². The Hall–Kier alpha value is -5.51. The van der Waals surface area contributed by atoms with Crippen LogP contribution in [0.5, 0.6) is 5.75 Å². The van der Waals surface area contributed by atoms with E-state index in [1.807, 2.05) is 19.0 Å². The van der Waals surface area contributed by atoms with E-state index in [0.717, 1.165) is 25.4 Å². The summed E-state index contributed by atoms with van der Waals surface area (Å²) in [6.07, 6.45) is 10.9. The Morgan fingerprint density at radius 2 is 1.26 bits per heavy atom. The minimum Gasteiger partial charge on any atom is -1.00 e. The molecular formula is C56H67Cl2N4O6P. The zero-order chi connectivity index (χ0) is 48.3. The van der Waals surface area contributed by atoms with Crippen molar-refractivity contribution in [3.05, 3.63) is 149 Å². The highest BCUT2D eigenvalue weighted by Crippen LogP contribution is 2.56. The van der Waals surface area contributed by atoms with Crippen LogP contribution in [0.3, 0.4) is 0 Å². The topological polar surface area (TPSA) is 121 Å². The highest BCUT2D eigenvalue weighted by Gasteiger charge is 2.44. The molecule has 1 atom stereocenters. The Morgan fingerprint density at radius 1 is 0.696 bits per heavy atom. The minimum absolute atomic E-state index is 0. The van der Waals surface area contributed by atoms with Crippen molar-refractivity contribution < 1.29 is 35.9 Å². The molecule has 0 saturated carbocycles. The van der Waals surface area contributed by atoms with Crippen LogP contribution in [-0.4, -0.2) is 80.1 Å². The van der Waals surface area contributed by atoms with Gasteiger partial charge >= 0.3 is 5.63 Å². The van der Waals surface area contributed by atoms with Gasteiger partial charge in [0.15, 0.2) is 6.10 Å². The number of hydrogen-bond acceptors (Lipinski definition) is 7. The predicted molar refractivity (Wildman–Crippen MR) is 282 cm³/mol. The Kier molecular flexibility index (Phi) is 21.8. The van der Waals surface area contributed by atoms with Crippen molar-refractivity contribution in [2.45, 2.75) is 84.2 Å². The van der Waals surface area contributed by atoms with Crippen LogP contribution >= 0.6 is 18.9 Å². The quantitative estimate of drug-likeness (QED) is 0.0334. The number of ether oxygens (including phenoxy) is 1. The second-order valence-corrected chi connectivity index (χ2v) is 21.6. The zero-order valence-corrected chi connectivity index (χ0v) is 42.8. The molecule has 6 rings (SSSR count). The summed E-state index contributed by atoms with van der Waals surface area (Å²) in [5.41, 5.74) is 1.42. The van der Waals surface area contributed by atoms with E-state index >= 15 is 0 Å². The van der Waals surface area contributed by atoms with Gasteiger partial charge in [-0.15, -0.1) is 0 Å². The number of carbonyl (C=O) groups is 3. The molecule has 0 spiro atoms. The predicted octanol–water partition coefficient (Wildman–Crippen LogP) is 7.24. The molecule has 0 unspecified atom stereocenters. The summed E-state index contributed by atoms with van der Waals surface area (Å²) in [5.74, 6) is -0.330. The lowest BCUT2D eigenvalue weighted by atomic mass is 10.0. The summed E-state index contributed by atoms with van der Waals surface area (Å²) in [6.45, 7) is 4.84. The van der Waals surface area contributed by atoms with Crippen LogP contribution in [0.25, 0.3) is 22.1 Å². The van der Waals surface area contributed by atoms with Crippen molar-refractivity contribution in [1.29, 1.82) is 0 Å². The second kappa shape index (κ2) is 27.6. The summed E-state index contributed by atoms with van der Waals surface area (Å²) < 4.78 is 11.5. The average molecular weight is 994 g/mol. The van der Waals surface area contributed by atoms with Gasteiger partial charge < -0.3 is 42.0 Å². The molecule has 0 saturated heterocycles. The molecule has 69 heavy (non-hydrogen) atoms. The standard InChI is InChI=1S/C56H66ClN4O6P.ClH/c1-5-61(41-54(63)58-35-36-60(3)4)56(65)42(2)66-44-32-34-49-50(40-55(64)67-52(49)39-44)48-33-31-43(38-51(48)57)59-53(62)30-22-11-9-7-6-8-10-12-23-37-68(45-24-16-13-17-25-45,46-26-18-14-19-27-46)47-28-20-15-21-29-47;/h13-21,24-29,31-34,38-40,42H,5-12,22-23,30,35-37,41H2,1-4H3,(H-,58,59,62,63,64);1H/t42-;/m1./s1. The molecule has 0 aliphatic rings. The molecule has 5 aromatic carbocycles. The molecule has 0 bridgehead atoms. The largest absolute Gasteiger partial charge is 1.00 e. The third-order valence-corrected chi connectivity index (χ3v) is 17.2. The number of unbranched alkanes of at least 4 members (excludes halogenated alkanes) is 8. The average Bonchev–Trinajstić information content (AvgIpc) is 3.34. The summed E-state index contributed by atoms with van der Waals surface area (Å²) in [5, 5.41) is 11.1. The number of halogens is 2. The number of carbonyl (C=O) groups excluding carboxylic acids is 3. The van der Waals surface area contributed by atoms with Crippen molar-refractivity contribution in [3.8, 4) is 16.9 Å². The van der Waals surface area contributed by atoms with E-state index in [0.29, 0.717) is 59.0 Å². The molecule has 0 fully saturated rings. The van der Waals surface area contributed by atoms with Crippen molar-refractivity contribution >= 4 is 69.2 Å². The van der Waals surface area contributed by atoms with Gasteiger partial charge in [-0.05, 0) is 108 Å². The van der Waals surface area contributed by atoms with Gasteiger partial charge in [0.05, 0.1) is 17.7 Å². The lowest BCUT2D eigenvalue weighted by Crippen LogP contribution is -3.00. The number of likely N-dealkylation sites (N-methyl/N-ethyl adjacent to an activating group) is 2. The van der Waals surface area contributed by atoms with E-state index < -0.39 is 19.0 Å². The third kappa shape index (κ3) is 15.5. The van der Waals surface area contributed by atoms with Gasteiger partial charge in [-0.2, -0.15) is 0 Å². The van der Waals surface area contributed by atoms with Crippen LogP contribution in [-0.2, 0) is 14.4 Å². The molecule has 10 nitrogen and oxygen atoms in total. The fraction of sp³-hybridized carbons (Fsp3) is 0.357. The van der Waals surface area contributed by atoms with Crippen LogP contribution in [0.15, 0.2) is 143 Å². The third-order valence-electron chi connectivity index (χ3n) is 12.3. The molecule has 2 N–H and O–H groups in total. The van der Waals surface area contributed by atoms with Crippen molar-refractivity contribution in [3.63, 3.8) is 0 Å². The number of nitrogens with one attached hydrogen (secondary N) is 2. The highest BCUT2D eigenvalue weighted by molar-refractivity contribution is 7.95. The maximum absolute atomic E-state index is 13.2. The number of benzene rings is 5. The Morgan fingerprint density at radius 3 is 1.81 bits per heavy atom. The molecule has 1 heterocycles. The van der Waals surface area contributed by atoms with Crippen LogP contribution in [0.1, 0.15) is 78.1 Å². The molecule has 6 aromatic rings. The minimum atomic E-state index is -1.77. The first-order valence-corrected chi connectivity index (χ1v) is 26.4. The number of nitrogens with zero attached hydrogens (tertiary/aromatic N) is 2. The van der Waals surface area contributed by atoms with Gasteiger partial charge in [-0.3, -0.25) is 14.4 Å². The van der Waals surface area contributed by atoms with Crippen LogP contribution < -0.4 is 49.3 Å². The molecule has 0 aliphatic carbocycles. The smallest absolute Gasteiger partial charge is 0.336 e. The summed E-state index contributed by atoms with van der Waals surface area (Å²) in [7, 11) is 2.06. The van der Waals surface area contributed by atoms with E-state index in [9.17, 15) is 19.2 Å². The highest BCUT2D eigenvalue weighted by atomic mass is 35.5. The van der Waals surface area contributed by atoms with E-state index in [1.165, 1.54) is 65.4 Å². The summed E-state index contributed by atoms with van der Waals surface area (Å²) >= 11 is 6.79. The van der Waals surface area contributed by atoms with E-state index in [2.05, 4.69) is 102 Å². The Labute approximate surface area is 419 Å². The van der Waals surface area contributed by atoms with Gasteiger partial charge in [-0.25, -0.2) is 4.79 Å². The molecule has 366 valence electrons. The number of anilines is 1.